The molecule has 4 nitrogen and oxygen atoms in total. The molecule has 2 heterocycles. The van der Waals surface area contributed by atoms with Crippen molar-refractivity contribution in [1.82, 2.24) is 14.8 Å². The highest BCUT2D eigenvalue weighted by molar-refractivity contribution is 5.86. The Morgan fingerprint density at radius 3 is 2.38 bits per heavy atom. The first-order chi connectivity index (χ1) is 18.2. The van der Waals surface area contributed by atoms with Gasteiger partial charge < -0.3 is 9.64 Å². The zero-order chi connectivity index (χ0) is 25.0. The van der Waals surface area contributed by atoms with Crippen LogP contribution in [0.4, 0.5) is 0 Å². The fourth-order valence-electron chi connectivity index (χ4n) is 5.19. The average molecular weight is 488 g/mol. The number of aromatic nitrogens is 1. The number of fused-ring (bicyclic) bond motifs is 1. The lowest BCUT2D eigenvalue weighted by Crippen LogP contribution is -2.43. The highest BCUT2D eigenvalue weighted by Gasteiger charge is 2.19. The van der Waals surface area contributed by atoms with Crippen LogP contribution in [-0.2, 0) is 19.6 Å². The van der Waals surface area contributed by atoms with E-state index in [1.165, 1.54) is 33.4 Å². The summed E-state index contributed by atoms with van der Waals surface area (Å²) in [4.78, 5) is 9.78. The zero-order valence-corrected chi connectivity index (χ0v) is 21.4. The van der Waals surface area contributed by atoms with Crippen molar-refractivity contribution >= 4 is 5.57 Å². The van der Waals surface area contributed by atoms with Crippen molar-refractivity contribution in [1.29, 1.82) is 0 Å². The normalized spacial score (nSPS) is 15.9. The van der Waals surface area contributed by atoms with E-state index in [0.717, 1.165) is 56.2 Å². The van der Waals surface area contributed by atoms with Crippen molar-refractivity contribution in [2.24, 2.45) is 0 Å². The first-order valence-corrected chi connectivity index (χ1v) is 13.2. The maximum Gasteiger partial charge on any atom is 0.120 e. The van der Waals surface area contributed by atoms with Crippen molar-refractivity contribution in [3.63, 3.8) is 0 Å². The summed E-state index contributed by atoms with van der Waals surface area (Å²) >= 11 is 0. The molecule has 1 aliphatic carbocycles. The second-order valence-electron chi connectivity index (χ2n) is 10.1. The standard InChI is InChI=1S/C33H33N3O/c1-35-16-18-36(19-17-35)23-25-10-12-27(13-11-25)29-21-32-31(14-15-33(32)34-22-29)28-8-5-9-30(20-28)37-24-26-6-3-2-4-7-26/h2-14,20-22H,15-19,23-24H2,1H3. The summed E-state index contributed by atoms with van der Waals surface area (Å²) < 4.78 is 6.10. The Hall–Kier alpha value is -3.73. The molecule has 1 aromatic heterocycles. The number of allylic oxidation sites excluding steroid dienone is 1. The Labute approximate surface area is 219 Å². The molecule has 0 amide bonds. The maximum absolute atomic E-state index is 6.10. The summed E-state index contributed by atoms with van der Waals surface area (Å²) in [6, 6.07) is 30.0. The molecule has 1 aliphatic heterocycles. The highest BCUT2D eigenvalue weighted by Crippen LogP contribution is 2.35. The van der Waals surface area contributed by atoms with Gasteiger partial charge in [0.15, 0.2) is 0 Å². The molecular formula is C33H33N3O. The number of hydrogen-bond acceptors (Lipinski definition) is 4. The first-order valence-electron chi connectivity index (χ1n) is 13.2. The van der Waals surface area contributed by atoms with Crippen LogP contribution in [0.25, 0.3) is 16.7 Å². The number of nitrogens with zero attached hydrogens (tertiary/aromatic N) is 3. The molecule has 6 rings (SSSR count). The average Bonchev–Trinajstić information content (AvgIpc) is 3.38. The van der Waals surface area contributed by atoms with Gasteiger partial charge >= 0.3 is 0 Å². The van der Waals surface area contributed by atoms with Gasteiger partial charge in [0.25, 0.3) is 0 Å². The van der Waals surface area contributed by atoms with Crippen molar-refractivity contribution < 1.29 is 4.74 Å². The molecule has 3 aromatic carbocycles. The van der Waals surface area contributed by atoms with E-state index in [0.29, 0.717) is 6.61 Å². The van der Waals surface area contributed by atoms with Gasteiger partial charge in [0.05, 0.1) is 5.69 Å². The van der Waals surface area contributed by atoms with Crippen LogP contribution in [0.2, 0.25) is 0 Å². The molecular weight excluding hydrogens is 454 g/mol. The van der Waals surface area contributed by atoms with Crippen molar-refractivity contribution in [2.75, 3.05) is 33.2 Å². The van der Waals surface area contributed by atoms with Crippen LogP contribution in [0.5, 0.6) is 5.75 Å². The molecule has 0 radical (unpaired) electrons. The minimum atomic E-state index is 0.566. The molecule has 4 aromatic rings. The lowest BCUT2D eigenvalue weighted by atomic mass is 9.97. The number of rotatable bonds is 7. The summed E-state index contributed by atoms with van der Waals surface area (Å²) in [5.41, 5.74) is 9.68. The van der Waals surface area contributed by atoms with Gasteiger partial charge in [-0.05, 0) is 53.1 Å². The van der Waals surface area contributed by atoms with E-state index in [-0.39, 0.29) is 0 Å². The smallest absolute Gasteiger partial charge is 0.120 e. The third kappa shape index (κ3) is 5.51. The minimum absolute atomic E-state index is 0.566. The molecule has 0 unspecified atom stereocenters. The van der Waals surface area contributed by atoms with Gasteiger partial charge in [-0.2, -0.15) is 0 Å². The third-order valence-electron chi connectivity index (χ3n) is 7.44. The van der Waals surface area contributed by atoms with E-state index in [1.807, 2.05) is 30.5 Å². The predicted octanol–water partition coefficient (Wildman–Crippen LogP) is 6.06. The van der Waals surface area contributed by atoms with E-state index < -0.39 is 0 Å². The van der Waals surface area contributed by atoms with Gasteiger partial charge in [0.2, 0.25) is 0 Å². The Bertz CT molecular complexity index is 1390. The molecule has 186 valence electrons. The van der Waals surface area contributed by atoms with Gasteiger partial charge in [0.1, 0.15) is 12.4 Å². The molecule has 1 saturated heterocycles. The Morgan fingerprint density at radius 1 is 0.757 bits per heavy atom. The number of pyridine rings is 1. The lowest BCUT2D eigenvalue weighted by Gasteiger charge is -2.32. The van der Waals surface area contributed by atoms with E-state index in [4.69, 9.17) is 9.72 Å². The van der Waals surface area contributed by atoms with Crippen LogP contribution < -0.4 is 4.74 Å². The Kier molecular flexibility index (Phi) is 6.85. The quantitative estimate of drug-likeness (QED) is 0.317. The van der Waals surface area contributed by atoms with Crippen LogP contribution in [0, 0.1) is 0 Å². The van der Waals surface area contributed by atoms with E-state index in [1.54, 1.807) is 0 Å². The molecule has 0 N–H and O–H groups in total. The van der Waals surface area contributed by atoms with Gasteiger partial charge in [-0.15, -0.1) is 0 Å². The number of ether oxygens (including phenoxy) is 1. The predicted molar refractivity (Wildman–Crippen MR) is 150 cm³/mol. The van der Waals surface area contributed by atoms with E-state index in [2.05, 4.69) is 83.6 Å². The van der Waals surface area contributed by atoms with Gasteiger partial charge in [-0.1, -0.05) is 72.8 Å². The van der Waals surface area contributed by atoms with Crippen molar-refractivity contribution in [2.45, 2.75) is 19.6 Å². The van der Waals surface area contributed by atoms with Crippen molar-refractivity contribution in [3.8, 4) is 16.9 Å². The fourth-order valence-corrected chi connectivity index (χ4v) is 5.19. The van der Waals surface area contributed by atoms with Gasteiger partial charge in [0, 0.05) is 56.5 Å². The third-order valence-corrected chi connectivity index (χ3v) is 7.44. The molecule has 0 saturated carbocycles. The summed E-state index contributed by atoms with van der Waals surface area (Å²) in [7, 11) is 2.20. The van der Waals surface area contributed by atoms with Crippen LogP contribution in [-0.4, -0.2) is 48.0 Å². The Morgan fingerprint density at radius 2 is 1.57 bits per heavy atom. The highest BCUT2D eigenvalue weighted by atomic mass is 16.5. The van der Waals surface area contributed by atoms with Crippen LogP contribution >= 0.6 is 0 Å². The Balaban J connectivity index is 1.17. The molecule has 0 bridgehead atoms. The van der Waals surface area contributed by atoms with Crippen LogP contribution in [0.3, 0.4) is 0 Å². The van der Waals surface area contributed by atoms with Crippen molar-refractivity contribution in [3.05, 3.63) is 125 Å². The summed E-state index contributed by atoms with van der Waals surface area (Å²) in [6.45, 7) is 6.16. The fraction of sp³-hybridized carbons (Fsp3) is 0.242. The summed E-state index contributed by atoms with van der Waals surface area (Å²) in [5.74, 6) is 0.885. The van der Waals surface area contributed by atoms with Gasteiger partial charge in [-0.3, -0.25) is 9.88 Å². The van der Waals surface area contributed by atoms with Crippen LogP contribution in [0.1, 0.15) is 27.9 Å². The van der Waals surface area contributed by atoms with Gasteiger partial charge in [-0.25, -0.2) is 0 Å². The zero-order valence-electron chi connectivity index (χ0n) is 21.4. The maximum atomic E-state index is 6.10. The topological polar surface area (TPSA) is 28.6 Å². The minimum Gasteiger partial charge on any atom is -0.489 e. The molecule has 4 heteroatoms. The molecule has 0 atom stereocenters. The number of benzene rings is 3. The molecule has 37 heavy (non-hydrogen) atoms. The summed E-state index contributed by atoms with van der Waals surface area (Å²) in [6.07, 6.45) is 5.17. The molecule has 0 spiro atoms. The monoisotopic (exact) mass is 487 g/mol. The number of hydrogen-bond donors (Lipinski definition) is 0. The largest absolute Gasteiger partial charge is 0.489 e. The summed E-state index contributed by atoms with van der Waals surface area (Å²) in [5, 5.41) is 0. The lowest BCUT2D eigenvalue weighted by molar-refractivity contribution is 0.148. The molecule has 1 fully saturated rings. The SMILES string of the molecule is CN1CCN(Cc2ccc(-c3cnc4c(c3)C(c3cccc(OCc5ccccc5)c3)=CC4)cc2)CC1. The number of likely N-dealkylation sites (N-methyl/N-ethyl adjacent to an activating group) is 1. The second kappa shape index (κ2) is 10.7. The molecule has 2 aliphatic rings. The van der Waals surface area contributed by atoms with E-state index >= 15 is 0 Å². The first kappa shape index (κ1) is 23.7. The van der Waals surface area contributed by atoms with E-state index in [9.17, 15) is 0 Å². The number of piperazine rings is 1. The second-order valence-corrected chi connectivity index (χ2v) is 10.1. The van der Waals surface area contributed by atoms with Crippen LogP contribution in [0.15, 0.2) is 97.2 Å².